The zero-order valence-electron chi connectivity index (χ0n) is 15.9. The second-order valence-corrected chi connectivity index (χ2v) is 7.63. The maximum Gasteiger partial charge on any atom is 0.246 e. The number of imidazole rings is 1. The Hall–Kier alpha value is -2.23. The van der Waals surface area contributed by atoms with Crippen molar-refractivity contribution in [3.8, 4) is 0 Å². The molecule has 4 N–H and O–H groups in total. The first kappa shape index (κ1) is 22.1. The normalized spacial score (nSPS) is 14.0. The number of hydrogen-bond acceptors (Lipinski definition) is 5. The summed E-state index contributed by atoms with van der Waals surface area (Å²) in [4.78, 5) is 11.9. The van der Waals surface area contributed by atoms with Crippen LogP contribution in [0.3, 0.4) is 0 Å². The van der Waals surface area contributed by atoms with Crippen LogP contribution in [0.2, 0.25) is 0 Å². The van der Waals surface area contributed by atoms with E-state index in [-0.39, 0.29) is 12.5 Å². The molecule has 9 heteroatoms. The number of nitrogens with zero attached hydrogens (tertiary/aromatic N) is 3. The minimum atomic E-state index is -0.492. The highest BCUT2D eigenvalue weighted by Crippen LogP contribution is 2.20. The highest BCUT2D eigenvalue weighted by atomic mass is 79.9. The van der Waals surface area contributed by atoms with Gasteiger partial charge in [0.15, 0.2) is 0 Å². The van der Waals surface area contributed by atoms with Crippen LogP contribution in [0.5, 0.6) is 0 Å². The van der Waals surface area contributed by atoms with Crippen molar-refractivity contribution in [1.82, 2.24) is 10.0 Å². The van der Waals surface area contributed by atoms with E-state index in [9.17, 15) is 15.1 Å². The zero-order valence-corrected chi connectivity index (χ0v) is 17.5. The number of nitrogens with one attached hydrogen (secondary N) is 1. The van der Waals surface area contributed by atoms with Gasteiger partial charge in [0.1, 0.15) is 24.1 Å². The summed E-state index contributed by atoms with van der Waals surface area (Å²) in [7, 11) is 1.88. The molecular formula is C19H26BrN4O4+. The van der Waals surface area contributed by atoms with Crippen molar-refractivity contribution in [2.75, 3.05) is 6.61 Å². The Labute approximate surface area is 172 Å². The van der Waals surface area contributed by atoms with Gasteiger partial charge in [0.2, 0.25) is 12.2 Å². The third-order valence-corrected chi connectivity index (χ3v) is 5.41. The van der Waals surface area contributed by atoms with Crippen molar-refractivity contribution in [2.45, 2.75) is 26.3 Å². The number of amides is 1. The van der Waals surface area contributed by atoms with Crippen LogP contribution in [0, 0.1) is 11.8 Å². The largest absolute Gasteiger partial charge is 0.411 e. The van der Waals surface area contributed by atoms with Gasteiger partial charge in [0.05, 0.1) is 7.05 Å². The molecule has 0 saturated carbocycles. The van der Waals surface area contributed by atoms with Gasteiger partial charge in [0.25, 0.3) is 0 Å². The SMILES string of the molecule is CCC(C(=O)NO)C(CO)Cc1c[n+](C/C(=N\O)c2ccc(Br)cc2)cn1C. The van der Waals surface area contributed by atoms with E-state index < -0.39 is 11.8 Å². The first-order chi connectivity index (χ1) is 13.4. The van der Waals surface area contributed by atoms with Crippen LogP contribution >= 0.6 is 15.9 Å². The van der Waals surface area contributed by atoms with E-state index in [1.807, 2.05) is 59.9 Å². The first-order valence-electron chi connectivity index (χ1n) is 8.99. The smallest absolute Gasteiger partial charge is 0.246 e. The molecule has 0 aliphatic carbocycles. The first-order valence-corrected chi connectivity index (χ1v) is 9.78. The lowest BCUT2D eigenvalue weighted by atomic mass is 9.86. The maximum absolute atomic E-state index is 11.9. The number of aliphatic hydroxyl groups excluding tert-OH is 1. The Morgan fingerprint density at radius 3 is 2.57 bits per heavy atom. The Kier molecular flexibility index (Phi) is 8.16. The topological polar surface area (TPSA) is 111 Å². The molecule has 2 atom stereocenters. The highest BCUT2D eigenvalue weighted by molar-refractivity contribution is 9.10. The average Bonchev–Trinajstić information content (AvgIpc) is 3.05. The number of carbonyl (C=O) groups is 1. The molecule has 0 radical (unpaired) electrons. The van der Waals surface area contributed by atoms with E-state index in [1.165, 1.54) is 0 Å². The lowest BCUT2D eigenvalue weighted by molar-refractivity contribution is -0.681. The molecule has 2 rings (SSSR count). The number of hydroxylamine groups is 1. The second kappa shape index (κ2) is 10.4. The predicted molar refractivity (Wildman–Crippen MR) is 106 cm³/mol. The van der Waals surface area contributed by atoms with Crippen LogP contribution in [0.15, 0.2) is 46.4 Å². The second-order valence-electron chi connectivity index (χ2n) is 6.71. The van der Waals surface area contributed by atoms with Gasteiger partial charge in [0, 0.05) is 34.9 Å². The minimum absolute atomic E-state index is 0.167. The molecule has 28 heavy (non-hydrogen) atoms. The molecule has 2 aromatic rings. The summed E-state index contributed by atoms with van der Waals surface area (Å²) >= 11 is 3.38. The maximum atomic E-state index is 11.9. The van der Waals surface area contributed by atoms with Crippen LogP contribution in [0.1, 0.15) is 24.6 Å². The minimum Gasteiger partial charge on any atom is -0.411 e. The third-order valence-electron chi connectivity index (χ3n) is 4.88. The van der Waals surface area contributed by atoms with Gasteiger partial charge < -0.3 is 10.3 Å². The Morgan fingerprint density at radius 1 is 1.36 bits per heavy atom. The van der Waals surface area contributed by atoms with Crippen LogP contribution in [0.4, 0.5) is 0 Å². The van der Waals surface area contributed by atoms with E-state index in [2.05, 4.69) is 21.1 Å². The van der Waals surface area contributed by atoms with Crippen molar-refractivity contribution < 1.29 is 24.9 Å². The average molecular weight is 454 g/mol. The molecular weight excluding hydrogens is 428 g/mol. The monoisotopic (exact) mass is 453 g/mol. The quantitative estimate of drug-likeness (QED) is 0.152. The van der Waals surface area contributed by atoms with Gasteiger partial charge in [-0.05, 0) is 18.6 Å². The number of hydrogen-bond donors (Lipinski definition) is 4. The summed E-state index contributed by atoms with van der Waals surface area (Å²) in [5.41, 5.74) is 3.92. The van der Waals surface area contributed by atoms with E-state index in [0.717, 1.165) is 15.7 Å². The van der Waals surface area contributed by atoms with Crippen molar-refractivity contribution in [1.29, 1.82) is 0 Å². The summed E-state index contributed by atoms with van der Waals surface area (Å²) in [6.45, 7) is 2.04. The number of oxime groups is 1. The predicted octanol–water partition coefficient (Wildman–Crippen LogP) is 1.64. The number of aliphatic hydroxyl groups is 1. The molecule has 1 aromatic carbocycles. The van der Waals surface area contributed by atoms with Gasteiger partial charge in [-0.2, -0.15) is 0 Å². The van der Waals surface area contributed by atoms with Gasteiger partial charge in [-0.1, -0.05) is 40.1 Å². The van der Waals surface area contributed by atoms with Crippen LogP contribution in [0.25, 0.3) is 0 Å². The summed E-state index contributed by atoms with van der Waals surface area (Å²) in [6, 6.07) is 7.49. The fraction of sp³-hybridized carbons (Fsp3) is 0.421. The molecule has 0 aliphatic heterocycles. The zero-order chi connectivity index (χ0) is 20.7. The number of halogens is 1. The lowest BCUT2D eigenvalue weighted by Crippen LogP contribution is -2.36. The van der Waals surface area contributed by atoms with E-state index >= 15 is 0 Å². The van der Waals surface area contributed by atoms with E-state index in [1.54, 1.807) is 5.48 Å². The Morgan fingerprint density at radius 2 is 2.04 bits per heavy atom. The summed E-state index contributed by atoms with van der Waals surface area (Å²) in [5, 5.41) is 31.5. The van der Waals surface area contributed by atoms with Gasteiger partial charge >= 0.3 is 0 Å². The van der Waals surface area contributed by atoms with Gasteiger partial charge in [-0.3, -0.25) is 10.0 Å². The summed E-state index contributed by atoms with van der Waals surface area (Å²) < 4.78 is 4.73. The number of carbonyl (C=O) groups excluding carboxylic acids is 1. The highest BCUT2D eigenvalue weighted by Gasteiger charge is 2.28. The molecule has 8 nitrogen and oxygen atoms in total. The molecule has 1 aromatic heterocycles. The summed E-state index contributed by atoms with van der Waals surface area (Å²) in [5.74, 6) is -1.30. The molecule has 152 valence electrons. The van der Waals surface area contributed by atoms with Crippen molar-refractivity contribution in [2.24, 2.45) is 24.0 Å². The molecule has 0 fully saturated rings. The molecule has 0 aliphatic rings. The molecule has 0 saturated heterocycles. The molecule has 1 heterocycles. The number of aromatic nitrogens is 2. The summed E-state index contributed by atoms with van der Waals surface area (Å²) in [6.07, 6.45) is 4.74. The van der Waals surface area contributed by atoms with Gasteiger partial charge in [-0.25, -0.2) is 14.6 Å². The van der Waals surface area contributed by atoms with Crippen molar-refractivity contribution >= 4 is 27.5 Å². The fourth-order valence-corrected chi connectivity index (χ4v) is 3.57. The Bertz CT molecular complexity index is 820. The van der Waals surface area contributed by atoms with Crippen LogP contribution in [-0.4, -0.2) is 38.3 Å². The van der Waals surface area contributed by atoms with Crippen LogP contribution in [-0.2, 0) is 24.8 Å². The number of aryl methyl sites for hydroxylation is 1. The molecule has 0 spiro atoms. The molecule has 1 amide bonds. The Balaban J connectivity index is 2.17. The molecule has 0 bridgehead atoms. The van der Waals surface area contributed by atoms with Gasteiger partial charge in [-0.15, -0.1) is 0 Å². The van der Waals surface area contributed by atoms with Crippen molar-refractivity contribution in [3.05, 3.63) is 52.5 Å². The number of rotatable bonds is 9. The van der Waals surface area contributed by atoms with E-state index in [4.69, 9.17) is 5.21 Å². The fourth-order valence-electron chi connectivity index (χ4n) is 3.31. The standard InChI is InChI=1S/C19H25BrN4O4/c1-3-17(19(26)22-28)14(11-25)8-16-9-24(12-23(16)2)10-18(21-27)13-4-6-15(20)7-5-13/h4-7,9,12,14,17,25H,3,8,10-11H2,1-2H3,(H2-,22,26,27,28)/p+1/b21-18+. The number of benzene rings is 1. The van der Waals surface area contributed by atoms with E-state index in [0.29, 0.717) is 25.1 Å². The lowest BCUT2D eigenvalue weighted by Gasteiger charge is -2.21. The third kappa shape index (κ3) is 5.40. The van der Waals surface area contributed by atoms with Crippen molar-refractivity contribution in [3.63, 3.8) is 0 Å². The molecule has 2 unspecified atom stereocenters. The van der Waals surface area contributed by atoms with Crippen LogP contribution < -0.4 is 10.0 Å².